The summed E-state index contributed by atoms with van der Waals surface area (Å²) in [6.07, 6.45) is 0.609. The molecule has 0 aliphatic heterocycles. The molecule has 0 aliphatic rings. The Bertz CT molecular complexity index is 1640. The molecule has 0 aliphatic carbocycles. The molecule has 0 unspecified atom stereocenters. The fourth-order valence-electron chi connectivity index (χ4n) is 4.09. The monoisotopic (exact) mass is 751 g/mol. The summed E-state index contributed by atoms with van der Waals surface area (Å²) in [5.74, 6) is 0.850. The number of halogens is 2. The molecule has 1 atom stereocenters. The predicted octanol–water partition coefficient (Wildman–Crippen LogP) is 6.45. The van der Waals surface area contributed by atoms with E-state index in [9.17, 15) is 14.7 Å². The van der Waals surface area contributed by atoms with Crippen LogP contribution in [0.3, 0.4) is 0 Å². The average molecular weight is 751 g/mol. The maximum atomic E-state index is 13.7. The first-order chi connectivity index (χ1) is 18.5. The number of para-hydroxylation sites is 1. The fourth-order valence-corrected chi connectivity index (χ4v) is 6.16. The van der Waals surface area contributed by atoms with Gasteiger partial charge in [-0.05, 0) is 118 Å². The van der Waals surface area contributed by atoms with Crippen LogP contribution in [0.2, 0.25) is 0 Å². The molecule has 39 heavy (non-hydrogen) atoms. The van der Waals surface area contributed by atoms with E-state index in [4.69, 9.17) is 14.5 Å². The van der Waals surface area contributed by atoms with E-state index in [2.05, 4.69) is 64.1 Å². The van der Waals surface area contributed by atoms with Crippen LogP contribution in [0.25, 0.3) is 22.3 Å². The van der Waals surface area contributed by atoms with Crippen molar-refractivity contribution in [2.45, 2.75) is 39.7 Å². The van der Waals surface area contributed by atoms with Crippen molar-refractivity contribution in [1.82, 2.24) is 9.66 Å². The number of hydrogen-bond acceptors (Lipinski definition) is 6. The van der Waals surface area contributed by atoms with Crippen molar-refractivity contribution in [2.75, 3.05) is 7.11 Å². The molecule has 3 aromatic carbocycles. The highest BCUT2D eigenvalue weighted by Crippen LogP contribution is 2.34. The van der Waals surface area contributed by atoms with E-state index in [1.54, 1.807) is 25.5 Å². The zero-order valence-corrected chi connectivity index (χ0v) is 26.3. The minimum atomic E-state index is -1.04. The van der Waals surface area contributed by atoms with E-state index in [1.165, 1.54) is 11.6 Å². The second-order valence-electron chi connectivity index (χ2n) is 9.29. The normalized spacial score (nSPS) is 12.3. The lowest BCUT2D eigenvalue weighted by Crippen LogP contribution is -2.23. The Hall–Kier alpha value is -3.00. The highest BCUT2D eigenvalue weighted by atomic mass is 127. The molecule has 10 heteroatoms. The molecule has 0 bridgehead atoms. The minimum absolute atomic E-state index is 0.192. The van der Waals surface area contributed by atoms with Gasteiger partial charge >= 0.3 is 5.97 Å². The Morgan fingerprint density at radius 1 is 1.10 bits per heavy atom. The number of carboxylic acids is 1. The summed E-state index contributed by atoms with van der Waals surface area (Å²) in [6, 6.07) is 14.8. The highest BCUT2D eigenvalue weighted by Gasteiger charge is 2.19. The molecule has 0 radical (unpaired) electrons. The number of hydrogen-bond donors (Lipinski definition) is 1. The topological polar surface area (TPSA) is 103 Å². The number of aliphatic carboxylic acids is 1. The van der Waals surface area contributed by atoms with Gasteiger partial charge in [-0.2, -0.15) is 9.78 Å². The largest absolute Gasteiger partial charge is 0.496 e. The van der Waals surface area contributed by atoms with Gasteiger partial charge in [0.25, 0.3) is 5.56 Å². The van der Waals surface area contributed by atoms with Crippen molar-refractivity contribution in [3.63, 3.8) is 0 Å². The number of benzene rings is 3. The summed E-state index contributed by atoms with van der Waals surface area (Å²) in [5, 5.41) is 14.3. The van der Waals surface area contributed by atoms with Crippen molar-refractivity contribution in [3.8, 4) is 22.9 Å². The number of aryl methyl sites for hydroxylation is 1. The second-order valence-corrected chi connectivity index (χ2v) is 11.6. The number of rotatable bonds is 8. The number of ether oxygens (including phenoxy) is 2. The summed E-state index contributed by atoms with van der Waals surface area (Å²) in [5.41, 5.74) is 3.72. The van der Waals surface area contributed by atoms with E-state index in [0.717, 1.165) is 35.1 Å². The quantitative estimate of drug-likeness (QED) is 0.164. The molecule has 1 aromatic heterocycles. The van der Waals surface area contributed by atoms with Gasteiger partial charge in [-0.25, -0.2) is 9.78 Å². The molecule has 0 fully saturated rings. The maximum Gasteiger partial charge on any atom is 0.344 e. The first kappa shape index (κ1) is 29.0. The molecule has 4 rings (SSSR count). The Morgan fingerprint density at radius 2 is 1.77 bits per heavy atom. The third kappa shape index (κ3) is 6.11. The molecular formula is C29H27I2N3O5. The smallest absolute Gasteiger partial charge is 0.344 e. The zero-order valence-electron chi connectivity index (χ0n) is 22.0. The van der Waals surface area contributed by atoms with E-state index in [0.29, 0.717) is 22.5 Å². The van der Waals surface area contributed by atoms with Crippen molar-refractivity contribution >= 4 is 68.3 Å². The average Bonchev–Trinajstić information content (AvgIpc) is 2.89. The lowest BCUT2D eigenvalue weighted by Gasteiger charge is -2.17. The number of carbonyl (C=O) groups is 1. The molecule has 202 valence electrons. The summed E-state index contributed by atoms with van der Waals surface area (Å²) in [4.78, 5) is 29.8. The Labute approximate surface area is 253 Å². The van der Waals surface area contributed by atoms with Gasteiger partial charge in [0.05, 0.1) is 31.4 Å². The Morgan fingerprint density at radius 3 is 2.38 bits per heavy atom. The van der Waals surface area contributed by atoms with E-state index in [-0.39, 0.29) is 11.5 Å². The van der Waals surface area contributed by atoms with Crippen LogP contribution in [0.1, 0.15) is 43.4 Å². The highest BCUT2D eigenvalue weighted by molar-refractivity contribution is 14.1. The third-order valence-electron chi connectivity index (χ3n) is 6.18. The van der Waals surface area contributed by atoms with Gasteiger partial charge in [0.2, 0.25) is 0 Å². The van der Waals surface area contributed by atoms with Gasteiger partial charge in [0, 0.05) is 5.56 Å². The fraction of sp³-hybridized carbons (Fsp3) is 0.241. The predicted molar refractivity (Wildman–Crippen MR) is 169 cm³/mol. The number of nitrogens with zero attached hydrogens (tertiary/aromatic N) is 3. The molecule has 8 nitrogen and oxygen atoms in total. The Kier molecular flexibility index (Phi) is 8.94. The number of carboxylic acid groups (broad SMARTS) is 1. The second kappa shape index (κ2) is 12.0. The van der Waals surface area contributed by atoms with Crippen LogP contribution in [0.4, 0.5) is 0 Å². The molecule has 0 saturated carbocycles. The van der Waals surface area contributed by atoms with Gasteiger partial charge in [-0.1, -0.05) is 26.0 Å². The molecule has 4 aromatic rings. The van der Waals surface area contributed by atoms with Crippen LogP contribution in [0, 0.1) is 14.1 Å². The summed E-state index contributed by atoms with van der Waals surface area (Å²) >= 11 is 4.20. The van der Waals surface area contributed by atoms with E-state index < -0.39 is 12.1 Å². The summed E-state index contributed by atoms with van der Waals surface area (Å²) in [7, 11) is 1.65. The first-order valence-electron chi connectivity index (χ1n) is 12.1. The van der Waals surface area contributed by atoms with E-state index >= 15 is 0 Å². The minimum Gasteiger partial charge on any atom is -0.496 e. The maximum absolute atomic E-state index is 13.7. The third-order valence-corrected chi connectivity index (χ3v) is 7.78. The summed E-state index contributed by atoms with van der Waals surface area (Å²) < 4.78 is 14.0. The first-order valence-corrected chi connectivity index (χ1v) is 14.3. The van der Waals surface area contributed by atoms with Crippen LogP contribution in [-0.4, -0.2) is 40.2 Å². The number of aromatic nitrogens is 2. The van der Waals surface area contributed by atoms with Crippen LogP contribution in [-0.2, 0) is 4.79 Å². The Balaban J connectivity index is 1.88. The SMILES string of the molecule is COc1cc(C)c(-c2nc3ccccc3c(=O)n2N=Cc2cc(I)c(O[C@@H](C)C(=O)O)c(I)c2)cc1C(C)C. The van der Waals surface area contributed by atoms with Crippen LogP contribution in [0.15, 0.2) is 58.4 Å². The number of methoxy groups -OCH3 is 1. The molecule has 0 saturated heterocycles. The van der Waals surface area contributed by atoms with Crippen molar-refractivity contribution in [3.05, 3.63) is 82.7 Å². The molecule has 1 N–H and O–H groups in total. The zero-order chi connectivity index (χ0) is 28.4. The van der Waals surface area contributed by atoms with Crippen LogP contribution in [0.5, 0.6) is 11.5 Å². The van der Waals surface area contributed by atoms with Gasteiger partial charge in [0.15, 0.2) is 11.9 Å². The van der Waals surface area contributed by atoms with Crippen molar-refractivity contribution in [2.24, 2.45) is 5.10 Å². The van der Waals surface area contributed by atoms with Gasteiger partial charge in [-0.3, -0.25) is 4.79 Å². The molecule has 0 spiro atoms. The molecule has 1 heterocycles. The number of fused-ring (bicyclic) bond motifs is 1. The molecular weight excluding hydrogens is 724 g/mol. The molecule has 0 amide bonds. The van der Waals surface area contributed by atoms with Crippen molar-refractivity contribution in [1.29, 1.82) is 0 Å². The van der Waals surface area contributed by atoms with Crippen molar-refractivity contribution < 1.29 is 19.4 Å². The van der Waals surface area contributed by atoms with Gasteiger partial charge in [0.1, 0.15) is 11.5 Å². The lowest BCUT2D eigenvalue weighted by molar-refractivity contribution is -0.144. The standard InChI is InChI=1S/C29H27I2N3O5/c1-15(2)20-13-21(16(3)10-25(20)38-5)27-33-24-9-7-6-8-19(24)28(35)34(27)32-14-18-11-22(30)26(23(31)12-18)39-17(4)29(36)37/h6-15,17H,1-5H3,(H,36,37)/t17-/m0/s1. The van der Waals surface area contributed by atoms with Gasteiger partial charge in [-0.15, -0.1) is 0 Å². The van der Waals surface area contributed by atoms with Crippen LogP contribution < -0.4 is 15.0 Å². The van der Waals surface area contributed by atoms with Gasteiger partial charge < -0.3 is 14.6 Å². The van der Waals surface area contributed by atoms with Crippen LogP contribution >= 0.6 is 45.2 Å². The lowest BCUT2D eigenvalue weighted by atomic mass is 9.96. The van der Waals surface area contributed by atoms with E-state index in [1.807, 2.05) is 43.3 Å². The summed E-state index contributed by atoms with van der Waals surface area (Å²) in [6.45, 7) is 7.61.